The molecule has 3 nitrogen and oxygen atoms in total. The van der Waals surface area contributed by atoms with Crippen molar-refractivity contribution in [3.63, 3.8) is 0 Å². The summed E-state index contributed by atoms with van der Waals surface area (Å²) in [6.07, 6.45) is -2.91. The van der Waals surface area contributed by atoms with Crippen LogP contribution in [0.15, 0.2) is 53.5 Å². The van der Waals surface area contributed by atoms with Crippen molar-refractivity contribution in [2.45, 2.75) is 19.5 Å². The van der Waals surface area contributed by atoms with Crippen LogP contribution in [0.5, 0.6) is 5.75 Å². The summed E-state index contributed by atoms with van der Waals surface area (Å²) in [5, 5.41) is 0. The summed E-state index contributed by atoms with van der Waals surface area (Å²) >= 11 is 0. The van der Waals surface area contributed by atoms with Crippen LogP contribution in [-0.4, -0.2) is 17.6 Å². The van der Waals surface area contributed by atoms with E-state index in [0.29, 0.717) is 6.54 Å². The Kier molecular flexibility index (Phi) is 3.75. The Morgan fingerprint density at radius 2 is 1.77 bits per heavy atom. The number of halogens is 3. The highest BCUT2D eigenvalue weighted by Gasteiger charge is 2.30. The number of para-hydroxylation sites is 1. The van der Waals surface area contributed by atoms with E-state index >= 15 is 0 Å². The van der Waals surface area contributed by atoms with Crippen LogP contribution in [0.25, 0.3) is 0 Å². The third-order valence-electron chi connectivity index (χ3n) is 3.27. The molecule has 3 rings (SSSR count). The van der Waals surface area contributed by atoms with Gasteiger partial charge in [-0.2, -0.15) is 0 Å². The van der Waals surface area contributed by atoms with Crippen molar-refractivity contribution in [3.05, 3.63) is 59.7 Å². The van der Waals surface area contributed by atoms with Gasteiger partial charge in [-0.05, 0) is 29.3 Å². The molecule has 0 radical (unpaired) electrons. The van der Waals surface area contributed by atoms with E-state index in [1.807, 2.05) is 29.2 Å². The molecule has 0 aromatic heterocycles. The van der Waals surface area contributed by atoms with Crippen LogP contribution < -0.4 is 4.74 Å². The molecule has 1 aliphatic rings. The maximum atomic E-state index is 12.1. The first-order valence-electron chi connectivity index (χ1n) is 6.70. The Morgan fingerprint density at radius 1 is 1.05 bits per heavy atom. The minimum atomic E-state index is -4.66. The molecule has 0 unspecified atom stereocenters. The lowest BCUT2D eigenvalue weighted by Gasteiger charge is -2.24. The molecule has 0 saturated heterocycles. The fraction of sp³-hybridized carbons (Fsp3) is 0.188. The van der Waals surface area contributed by atoms with Gasteiger partial charge in [-0.1, -0.05) is 30.3 Å². The molecule has 2 aromatic rings. The van der Waals surface area contributed by atoms with E-state index in [0.717, 1.165) is 23.4 Å². The molecule has 1 aliphatic heterocycles. The van der Waals surface area contributed by atoms with Crippen LogP contribution >= 0.6 is 0 Å². The summed E-state index contributed by atoms with van der Waals surface area (Å²) in [6.45, 7) is 1.30. The topological polar surface area (TPSA) is 24.8 Å². The van der Waals surface area contributed by atoms with Gasteiger partial charge >= 0.3 is 6.36 Å². The van der Waals surface area contributed by atoms with Crippen molar-refractivity contribution < 1.29 is 17.9 Å². The summed E-state index contributed by atoms with van der Waals surface area (Å²) in [5.74, 6) is -0.214. The highest BCUT2D eigenvalue weighted by Crippen LogP contribution is 2.26. The second-order valence-electron chi connectivity index (χ2n) is 4.97. The van der Waals surface area contributed by atoms with Gasteiger partial charge in [-0.15, -0.1) is 13.2 Å². The van der Waals surface area contributed by atoms with E-state index in [1.165, 1.54) is 12.1 Å². The molecule has 0 bridgehead atoms. The van der Waals surface area contributed by atoms with E-state index in [4.69, 9.17) is 0 Å². The summed E-state index contributed by atoms with van der Waals surface area (Å²) in [5.41, 5.74) is 2.97. The highest BCUT2D eigenvalue weighted by molar-refractivity contribution is 5.66. The van der Waals surface area contributed by atoms with Gasteiger partial charge in [0.05, 0.1) is 12.0 Å². The van der Waals surface area contributed by atoms with Crippen molar-refractivity contribution in [2.75, 3.05) is 0 Å². The summed E-state index contributed by atoms with van der Waals surface area (Å²) in [6, 6.07) is 13.7. The standard InChI is InChI=1S/C16H13F3N2O/c17-16(18,19)22-14-7-5-12(6-8-14)9-21-10-13-3-1-2-4-15(13)20-11-21/h1-8,11H,9-10H2. The van der Waals surface area contributed by atoms with Crippen molar-refractivity contribution in [1.29, 1.82) is 0 Å². The average Bonchev–Trinajstić information content (AvgIpc) is 2.48. The number of aliphatic imine (C=N–C) groups is 1. The largest absolute Gasteiger partial charge is 0.573 e. The van der Waals surface area contributed by atoms with Crippen LogP contribution in [0.2, 0.25) is 0 Å². The normalized spacial score (nSPS) is 13.9. The molecule has 0 saturated carbocycles. The van der Waals surface area contributed by atoms with E-state index in [2.05, 4.69) is 9.73 Å². The van der Waals surface area contributed by atoms with Gasteiger partial charge in [0.15, 0.2) is 0 Å². The molecule has 0 amide bonds. The van der Waals surface area contributed by atoms with Gasteiger partial charge in [0.2, 0.25) is 0 Å². The van der Waals surface area contributed by atoms with Gasteiger partial charge in [0.1, 0.15) is 5.75 Å². The lowest BCUT2D eigenvalue weighted by Crippen LogP contribution is -2.23. The quantitative estimate of drug-likeness (QED) is 0.846. The van der Waals surface area contributed by atoms with E-state index in [9.17, 15) is 13.2 Å². The minimum Gasteiger partial charge on any atom is -0.406 e. The molecule has 1 heterocycles. The van der Waals surface area contributed by atoms with Crippen LogP contribution in [0.3, 0.4) is 0 Å². The number of fused-ring (bicyclic) bond motifs is 1. The van der Waals surface area contributed by atoms with Crippen molar-refractivity contribution >= 4 is 12.0 Å². The second kappa shape index (κ2) is 5.71. The smallest absolute Gasteiger partial charge is 0.406 e. The molecule has 0 atom stereocenters. The Labute approximate surface area is 125 Å². The maximum Gasteiger partial charge on any atom is 0.573 e. The van der Waals surface area contributed by atoms with Crippen LogP contribution in [0.1, 0.15) is 11.1 Å². The number of ether oxygens (including phenoxy) is 1. The number of nitrogens with zero attached hydrogens (tertiary/aromatic N) is 2. The highest BCUT2D eigenvalue weighted by atomic mass is 19.4. The SMILES string of the molecule is FC(F)(F)Oc1ccc(CN2C=Nc3ccccc3C2)cc1. The Balaban J connectivity index is 1.65. The molecule has 2 aromatic carbocycles. The summed E-state index contributed by atoms with van der Waals surface area (Å²) < 4.78 is 40.2. The first-order valence-corrected chi connectivity index (χ1v) is 6.70. The zero-order valence-corrected chi connectivity index (χ0v) is 11.5. The van der Waals surface area contributed by atoms with E-state index in [1.54, 1.807) is 18.5 Å². The third-order valence-corrected chi connectivity index (χ3v) is 3.27. The predicted octanol–water partition coefficient (Wildman–Crippen LogP) is 4.26. The molecule has 0 N–H and O–H groups in total. The summed E-state index contributed by atoms with van der Waals surface area (Å²) in [4.78, 5) is 6.37. The van der Waals surface area contributed by atoms with E-state index in [-0.39, 0.29) is 5.75 Å². The zero-order chi connectivity index (χ0) is 15.6. The van der Waals surface area contributed by atoms with Gasteiger partial charge < -0.3 is 9.64 Å². The van der Waals surface area contributed by atoms with Crippen molar-refractivity contribution in [1.82, 2.24) is 4.90 Å². The molecule has 0 spiro atoms. The number of hydrogen-bond acceptors (Lipinski definition) is 3. The molecule has 22 heavy (non-hydrogen) atoms. The molecular weight excluding hydrogens is 293 g/mol. The monoisotopic (exact) mass is 306 g/mol. The van der Waals surface area contributed by atoms with Crippen molar-refractivity contribution in [2.24, 2.45) is 4.99 Å². The van der Waals surface area contributed by atoms with Crippen LogP contribution in [0, 0.1) is 0 Å². The zero-order valence-electron chi connectivity index (χ0n) is 11.5. The number of alkyl halides is 3. The van der Waals surface area contributed by atoms with Gasteiger partial charge in [0.25, 0.3) is 0 Å². The molecule has 0 aliphatic carbocycles. The number of hydrogen-bond donors (Lipinski definition) is 0. The fourth-order valence-electron chi connectivity index (χ4n) is 2.30. The number of benzene rings is 2. The lowest BCUT2D eigenvalue weighted by atomic mass is 10.1. The predicted molar refractivity (Wildman–Crippen MR) is 77.0 cm³/mol. The maximum absolute atomic E-state index is 12.1. The van der Waals surface area contributed by atoms with Crippen LogP contribution in [-0.2, 0) is 13.1 Å². The van der Waals surface area contributed by atoms with E-state index < -0.39 is 6.36 Å². The molecule has 6 heteroatoms. The fourth-order valence-corrected chi connectivity index (χ4v) is 2.30. The Hall–Kier alpha value is -2.50. The first kappa shape index (κ1) is 14.4. The Bertz CT molecular complexity index is 681. The lowest BCUT2D eigenvalue weighted by molar-refractivity contribution is -0.274. The second-order valence-corrected chi connectivity index (χ2v) is 4.97. The van der Waals surface area contributed by atoms with Gasteiger partial charge in [0, 0.05) is 13.1 Å². The third kappa shape index (κ3) is 3.58. The molecule has 114 valence electrons. The van der Waals surface area contributed by atoms with Gasteiger partial charge in [-0.25, -0.2) is 4.99 Å². The minimum absolute atomic E-state index is 0.214. The number of rotatable bonds is 3. The Morgan fingerprint density at radius 3 is 2.50 bits per heavy atom. The van der Waals surface area contributed by atoms with Crippen molar-refractivity contribution in [3.8, 4) is 5.75 Å². The summed E-state index contributed by atoms with van der Waals surface area (Å²) in [7, 11) is 0. The average molecular weight is 306 g/mol. The molecular formula is C16H13F3N2O. The molecule has 0 fully saturated rings. The first-order chi connectivity index (χ1) is 10.5. The van der Waals surface area contributed by atoms with Crippen LogP contribution in [0.4, 0.5) is 18.9 Å². The van der Waals surface area contributed by atoms with Gasteiger partial charge in [-0.3, -0.25) is 0 Å².